The van der Waals surface area contributed by atoms with E-state index in [-0.39, 0.29) is 18.0 Å². The van der Waals surface area contributed by atoms with Gasteiger partial charge in [-0.05, 0) is 44.5 Å². The lowest BCUT2D eigenvalue weighted by Crippen LogP contribution is -2.39. The Morgan fingerprint density at radius 1 is 1.32 bits per heavy atom. The summed E-state index contributed by atoms with van der Waals surface area (Å²) in [5, 5.41) is 0. The third-order valence-corrected chi connectivity index (χ3v) is 6.10. The van der Waals surface area contributed by atoms with Gasteiger partial charge in [0.2, 0.25) is 0 Å². The highest BCUT2D eigenvalue weighted by molar-refractivity contribution is 6.71. The highest BCUT2D eigenvalue weighted by Gasteiger charge is 2.35. The zero-order valence-corrected chi connectivity index (χ0v) is 14.7. The molecule has 0 amide bonds. The maximum absolute atomic E-state index is 12.2. The zero-order chi connectivity index (χ0) is 16.0. The lowest BCUT2D eigenvalue weighted by atomic mass is 9.96. The number of aryl methyl sites for hydroxylation is 1. The molecule has 0 saturated carbocycles. The van der Waals surface area contributed by atoms with E-state index in [4.69, 9.17) is 9.16 Å². The summed E-state index contributed by atoms with van der Waals surface area (Å²) in [6.07, 6.45) is 5.78. The first-order valence-corrected chi connectivity index (χ1v) is 11.2. The van der Waals surface area contributed by atoms with Crippen LogP contribution >= 0.6 is 0 Å². The molecule has 0 unspecified atom stereocenters. The van der Waals surface area contributed by atoms with E-state index in [2.05, 4.69) is 31.3 Å². The van der Waals surface area contributed by atoms with Crippen molar-refractivity contribution in [3.8, 4) is 0 Å². The topological polar surface area (TPSA) is 35.5 Å². The lowest BCUT2D eigenvalue weighted by molar-refractivity contribution is -0.149. The maximum atomic E-state index is 12.2. The first kappa shape index (κ1) is 17.0. The van der Waals surface area contributed by atoms with Crippen molar-refractivity contribution < 1.29 is 14.0 Å². The minimum atomic E-state index is -1.75. The molecule has 120 valence electrons. The monoisotopic (exact) mass is 318 g/mol. The van der Waals surface area contributed by atoms with Crippen LogP contribution in [-0.2, 0) is 20.4 Å². The number of carbonyl (C=O) groups is 1. The number of carbonyl (C=O) groups excluding carboxylic acids is 1. The molecule has 0 radical (unpaired) electrons. The largest absolute Gasteiger partial charge is 0.465 e. The summed E-state index contributed by atoms with van der Waals surface area (Å²) in [4.78, 5) is 12.2. The van der Waals surface area contributed by atoms with Crippen LogP contribution in [0.2, 0.25) is 19.1 Å². The number of ether oxygens (including phenoxy) is 1. The minimum absolute atomic E-state index is 0.0836. The SMILES string of the molecule is CCOC(=O)[C@H]1C=CC[Si](C)(C)O[C@@H]1CCc1ccccc1. The third kappa shape index (κ3) is 4.82. The number of rotatable bonds is 5. The molecule has 1 aliphatic heterocycles. The Kier molecular flexibility index (Phi) is 5.97. The number of hydrogen-bond donors (Lipinski definition) is 0. The summed E-state index contributed by atoms with van der Waals surface area (Å²) in [5.74, 6) is -0.443. The Balaban J connectivity index is 2.10. The quantitative estimate of drug-likeness (QED) is 0.468. The van der Waals surface area contributed by atoms with Crippen molar-refractivity contribution in [1.82, 2.24) is 0 Å². The molecule has 22 heavy (non-hydrogen) atoms. The molecule has 1 heterocycles. The molecule has 0 bridgehead atoms. The summed E-state index contributed by atoms with van der Waals surface area (Å²) in [6, 6.07) is 11.3. The van der Waals surface area contributed by atoms with Gasteiger partial charge in [0, 0.05) is 0 Å². The van der Waals surface area contributed by atoms with Crippen molar-refractivity contribution in [2.75, 3.05) is 6.61 Å². The van der Waals surface area contributed by atoms with Crippen LogP contribution in [0, 0.1) is 5.92 Å². The fourth-order valence-electron chi connectivity index (χ4n) is 2.81. The van der Waals surface area contributed by atoms with E-state index < -0.39 is 8.32 Å². The lowest BCUT2D eigenvalue weighted by Gasteiger charge is -2.29. The first-order chi connectivity index (χ1) is 10.5. The van der Waals surface area contributed by atoms with Gasteiger partial charge in [-0.25, -0.2) is 0 Å². The molecule has 0 aromatic heterocycles. The van der Waals surface area contributed by atoms with Crippen molar-refractivity contribution in [2.45, 2.75) is 45.0 Å². The molecule has 2 rings (SSSR count). The Morgan fingerprint density at radius 2 is 2.05 bits per heavy atom. The predicted octanol–water partition coefficient (Wildman–Crippen LogP) is 3.96. The van der Waals surface area contributed by atoms with Crippen molar-refractivity contribution in [1.29, 1.82) is 0 Å². The summed E-state index contributed by atoms with van der Waals surface area (Å²) < 4.78 is 11.6. The van der Waals surface area contributed by atoms with Gasteiger partial charge in [-0.1, -0.05) is 42.5 Å². The van der Waals surface area contributed by atoms with Crippen molar-refractivity contribution in [2.24, 2.45) is 5.92 Å². The molecule has 1 aromatic carbocycles. The molecule has 0 aliphatic carbocycles. The van der Waals surface area contributed by atoms with Gasteiger partial charge < -0.3 is 9.16 Å². The molecule has 0 fully saturated rings. The molecule has 0 N–H and O–H groups in total. The summed E-state index contributed by atoms with van der Waals surface area (Å²) >= 11 is 0. The Bertz CT molecular complexity index is 510. The second-order valence-electron chi connectivity index (χ2n) is 6.35. The normalized spacial score (nSPS) is 23.8. The van der Waals surface area contributed by atoms with Gasteiger partial charge in [0.15, 0.2) is 8.32 Å². The van der Waals surface area contributed by atoms with Crippen LogP contribution in [0.5, 0.6) is 0 Å². The molecule has 3 nitrogen and oxygen atoms in total. The van der Waals surface area contributed by atoms with Crippen LogP contribution in [0.4, 0.5) is 0 Å². The van der Waals surface area contributed by atoms with E-state index in [1.165, 1.54) is 5.56 Å². The Hall–Kier alpha value is -1.39. The van der Waals surface area contributed by atoms with Gasteiger partial charge in [-0.2, -0.15) is 0 Å². The molecular formula is C18H26O3Si. The number of benzene rings is 1. The van der Waals surface area contributed by atoms with Crippen molar-refractivity contribution in [3.63, 3.8) is 0 Å². The first-order valence-electron chi connectivity index (χ1n) is 8.07. The van der Waals surface area contributed by atoms with Crippen LogP contribution in [0.1, 0.15) is 18.9 Å². The predicted molar refractivity (Wildman–Crippen MR) is 91.2 cm³/mol. The van der Waals surface area contributed by atoms with Crippen LogP contribution in [-0.4, -0.2) is 27.0 Å². The van der Waals surface area contributed by atoms with Crippen molar-refractivity contribution in [3.05, 3.63) is 48.0 Å². The summed E-state index contributed by atoms with van der Waals surface area (Å²) in [6.45, 7) is 6.67. The van der Waals surface area contributed by atoms with Gasteiger partial charge >= 0.3 is 5.97 Å². The second-order valence-corrected chi connectivity index (χ2v) is 10.5. The summed E-state index contributed by atoms with van der Waals surface area (Å²) in [7, 11) is -1.75. The molecule has 1 aromatic rings. The average molecular weight is 318 g/mol. The zero-order valence-electron chi connectivity index (χ0n) is 13.7. The highest BCUT2D eigenvalue weighted by atomic mass is 28.4. The molecule has 0 saturated heterocycles. The maximum Gasteiger partial charge on any atom is 0.315 e. The fourth-order valence-corrected chi connectivity index (χ4v) is 4.70. The van der Waals surface area contributed by atoms with Crippen LogP contribution < -0.4 is 0 Å². The summed E-state index contributed by atoms with van der Waals surface area (Å²) in [5.41, 5.74) is 1.28. The minimum Gasteiger partial charge on any atom is -0.465 e. The van der Waals surface area contributed by atoms with Gasteiger partial charge in [-0.15, -0.1) is 0 Å². The molecule has 2 atom stereocenters. The van der Waals surface area contributed by atoms with Gasteiger partial charge in [0.25, 0.3) is 0 Å². The molecule has 0 spiro atoms. The molecule has 4 heteroatoms. The number of hydrogen-bond acceptors (Lipinski definition) is 3. The molecule has 1 aliphatic rings. The number of esters is 1. The number of allylic oxidation sites excluding steroid dienone is 1. The third-order valence-electron chi connectivity index (χ3n) is 3.94. The van der Waals surface area contributed by atoms with Crippen LogP contribution in [0.3, 0.4) is 0 Å². The average Bonchev–Trinajstić information content (AvgIpc) is 2.64. The molecular weight excluding hydrogens is 292 g/mol. The fraction of sp³-hybridized carbons (Fsp3) is 0.500. The highest BCUT2D eigenvalue weighted by Crippen LogP contribution is 2.28. The van der Waals surface area contributed by atoms with Gasteiger partial charge in [0.05, 0.1) is 18.6 Å². The van der Waals surface area contributed by atoms with Gasteiger partial charge in [-0.3, -0.25) is 4.79 Å². The van der Waals surface area contributed by atoms with E-state index in [0.29, 0.717) is 6.61 Å². The van der Waals surface area contributed by atoms with Crippen LogP contribution in [0.25, 0.3) is 0 Å². The van der Waals surface area contributed by atoms with Crippen molar-refractivity contribution >= 4 is 14.3 Å². The Labute approximate surface area is 134 Å². The van der Waals surface area contributed by atoms with Crippen LogP contribution in [0.15, 0.2) is 42.5 Å². The van der Waals surface area contributed by atoms with E-state index in [0.717, 1.165) is 18.9 Å². The Morgan fingerprint density at radius 3 is 2.73 bits per heavy atom. The second kappa shape index (κ2) is 7.74. The smallest absolute Gasteiger partial charge is 0.315 e. The van der Waals surface area contributed by atoms with Gasteiger partial charge in [0.1, 0.15) is 0 Å². The van der Waals surface area contributed by atoms with E-state index in [1.54, 1.807) is 0 Å². The van der Waals surface area contributed by atoms with E-state index >= 15 is 0 Å². The van der Waals surface area contributed by atoms with E-state index in [1.807, 2.05) is 31.2 Å². The van der Waals surface area contributed by atoms with E-state index in [9.17, 15) is 4.79 Å². The standard InChI is InChI=1S/C18H26O3Si/c1-4-20-18(19)16-11-8-14-22(2,3)21-17(16)13-12-15-9-6-5-7-10-15/h5-11,16-17H,4,12-14H2,1-3H3/t16-,17+/m0/s1.